The van der Waals surface area contributed by atoms with Gasteiger partial charge in [-0.1, -0.05) is 6.07 Å². The Morgan fingerprint density at radius 3 is 3.00 bits per heavy atom. The quantitative estimate of drug-likeness (QED) is 0.745. The fraction of sp³-hybridized carbons (Fsp3) is 0.429. The molecule has 0 spiro atoms. The van der Waals surface area contributed by atoms with Gasteiger partial charge in [0.2, 0.25) is 5.91 Å². The summed E-state index contributed by atoms with van der Waals surface area (Å²) in [5.41, 5.74) is 0. The molecule has 0 aliphatic heterocycles. The maximum atomic E-state index is 12.0. The van der Waals surface area contributed by atoms with Crippen LogP contribution in [0.1, 0.15) is 30.2 Å². The SMILES string of the molecule is COC(=O)CC(NC(=O)CCCn1cncn1)c1cccs1. The zero-order chi connectivity index (χ0) is 15.8. The molecule has 1 N–H and O–H groups in total. The van der Waals surface area contributed by atoms with Crippen molar-refractivity contribution >= 4 is 23.2 Å². The maximum absolute atomic E-state index is 12.0. The van der Waals surface area contributed by atoms with E-state index in [0.29, 0.717) is 19.4 Å². The zero-order valence-electron chi connectivity index (χ0n) is 12.3. The van der Waals surface area contributed by atoms with Crippen molar-refractivity contribution in [2.75, 3.05) is 7.11 Å². The first kappa shape index (κ1) is 16.2. The summed E-state index contributed by atoms with van der Waals surface area (Å²) >= 11 is 1.50. The monoisotopic (exact) mass is 322 g/mol. The van der Waals surface area contributed by atoms with E-state index in [-0.39, 0.29) is 24.3 Å². The summed E-state index contributed by atoms with van der Waals surface area (Å²) in [6.45, 7) is 0.633. The Morgan fingerprint density at radius 1 is 1.50 bits per heavy atom. The van der Waals surface area contributed by atoms with E-state index in [9.17, 15) is 9.59 Å². The second-order valence-electron chi connectivity index (χ2n) is 4.68. The predicted molar refractivity (Wildman–Crippen MR) is 81.1 cm³/mol. The molecule has 2 aromatic heterocycles. The van der Waals surface area contributed by atoms with Crippen LogP contribution in [-0.4, -0.2) is 33.8 Å². The van der Waals surface area contributed by atoms with Gasteiger partial charge >= 0.3 is 5.97 Å². The number of amides is 1. The molecule has 0 aliphatic rings. The molecule has 0 aromatic carbocycles. The molecule has 0 saturated heterocycles. The number of carbonyl (C=O) groups is 2. The number of aryl methyl sites for hydroxylation is 1. The molecule has 1 atom stereocenters. The number of nitrogens with one attached hydrogen (secondary N) is 1. The lowest BCUT2D eigenvalue weighted by molar-refractivity contribution is -0.141. The number of carbonyl (C=O) groups excluding carboxylic acids is 2. The highest BCUT2D eigenvalue weighted by molar-refractivity contribution is 7.10. The lowest BCUT2D eigenvalue weighted by Crippen LogP contribution is -2.30. The summed E-state index contributed by atoms with van der Waals surface area (Å²) in [4.78, 5) is 28.3. The fourth-order valence-corrected chi connectivity index (χ4v) is 2.76. The van der Waals surface area contributed by atoms with Crippen LogP contribution in [0.15, 0.2) is 30.2 Å². The highest BCUT2D eigenvalue weighted by Crippen LogP contribution is 2.22. The van der Waals surface area contributed by atoms with Gasteiger partial charge in [-0.05, 0) is 17.9 Å². The van der Waals surface area contributed by atoms with Gasteiger partial charge in [0, 0.05) is 17.8 Å². The molecule has 0 fully saturated rings. The lowest BCUT2D eigenvalue weighted by atomic mass is 10.1. The molecule has 22 heavy (non-hydrogen) atoms. The summed E-state index contributed by atoms with van der Waals surface area (Å²) in [5.74, 6) is -0.441. The fourth-order valence-electron chi connectivity index (χ4n) is 1.98. The summed E-state index contributed by atoms with van der Waals surface area (Å²) < 4.78 is 6.37. The van der Waals surface area contributed by atoms with E-state index in [1.54, 1.807) is 11.0 Å². The number of ether oxygens (including phenoxy) is 1. The third kappa shape index (κ3) is 4.96. The molecule has 2 rings (SSSR count). The van der Waals surface area contributed by atoms with E-state index in [1.807, 2.05) is 17.5 Å². The summed E-state index contributed by atoms with van der Waals surface area (Å²) in [5, 5.41) is 8.78. The predicted octanol–water partition coefficient (Wildman–Crippen LogP) is 1.54. The average molecular weight is 322 g/mol. The zero-order valence-corrected chi connectivity index (χ0v) is 13.1. The van der Waals surface area contributed by atoms with Crippen LogP contribution in [0.3, 0.4) is 0 Å². The van der Waals surface area contributed by atoms with Crippen molar-refractivity contribution in [2.24, 2.45) is 0 Å². The van der Waals surface area contributed by atoms with Gasteiger partial charge < -0.3 is 10.1 Å². The molecule has 8 heteroatoms. The number of hydrogen-bond acceptors (Lipinski definition) is 6. The van der Waals surface area contributed by atoms with Crippen molar-refractivity contribution < 1.29 is 14.3 Å². The van der Waals surface area contributed by atoms with Gasteiger partial charge in [0.1, 0.15) is 12.7 Å². The van der Waals surface area contributed by atoms with Crippen molar-refractivity contribution in [1.82, 2.24) is 20.1 Å². The Balaban J connectivity index is 1.83. The summed E-state index contributed by atoms with van der Waals surface area (Å²) in [6, 6.07) is 3.45. The van der Waals surface area contributed by atoms with Gasteiger partial charge in [-0.3, -0.25) is 14.3 Å². The minimum Gasteiger partial charge on any atom is -0.469 e. The standard InChI is InChI=1S/C14H18N4O3S/c1-21-14(20)8-11(12-4-3-7-22-12)17-13(19)5-2-6-18-10-15-9-16-18/h3-4,7,9-11H,2,5-6,8H2,1H3,(H,17,19). The second-order valence-corrected chi connectivity index (χ2v) is 5.66. The first-order chi connectivity index (χ1) is 10.7. The number of nitrogens with zero attached hydrogens (tertiary/aromatic N) is 3. The number of hydrogen-bond donors (Lipinski definition) is 1. The van der Waals surface area contributed by atoms with E-state index >= 15 is 0 Å². The van der Waals surface area contributed by atoms with E-state index in [0.717, 1.165) is 4.88 Å². The lowest BCUT2D eigenvalue weighted by Gasteiger charge is -2.16. The van der Waals surface area contributed by atoms with Crippen LogP contribution in [0.2, 0.25) is 0 Å². The molecule has 0 aliphatic carbocycles. The molecule has 0 saturated carbocycles. The molecule has 118 valence electrons. The average Bonchev–Trinajstić information content (AvgIpc) is 3.19. The summed E-state index contributed by atoms with van der Waals surface area (Å²) in [6.07, 6.45) is 4.23. The molecule has 2 aromatic rings. The minimum atomic E-state index is -0.346. The normalized spacial score (nSPS) is 11.9. The van der Waals surface area contributed by atoms with Crippen LogP contribution >= 0.6 is 11.3 Å². The van der Waals surface area contributed by atoms with Gasteiger partial charge in [-0.25, -0.2) is 4.98 Å². The van der Waals surface area contributed by atoms with Gasteiger partial charge in [0.15, 0.2) is 0 Å². The number of thiophene rings is 1. The third-order valence-electron chi connectivity index (χ3n) is 3.08. The highest BCUT2D eigenvalue weighted by atomic mass is 32.1. The topological polar surface area (TPSA) is 86.1 Å². The van der Waals surface area contributed by atoms with Crippen LogP contribution in [-0.2, 0) is 20.9 Å². The number of esters is 1. The molecule has 2 heterocycles. The minimum absolute atomic E-state index is 0.0950. The van der Waals surface area contributed by atoms with Crippen LogP contribution in [0.5, 0.6) is 0 Å². The largest absolute Gasteiger partial charge is 0.469 e. The molecule has 0 bridgehead atoms. The molecule has 1 unspecified atom stereocenters. The summed E-state index contributed by atoms with van der Waals surface area (Å²) in [7, 11) is 1.34. The van der Waals surface area contributed by atoms with Gasteiger partial charge in [0.25, 0.3) is 0 Å². The van der Waals surface area contributed by atoms with Crippen LogP contribution in [0.25, 0.3) is 0 Å². The van der Waals surface area contributed by atoms with Crippen LogP contribution in [0.4, 0.5) is 0 Å². The van der Waals surface area contributed by atoms with Crippen LogP contribution in [0, 0.1) is 0 Å². The maximum Gasteiger partial charge on any atom is 0.307 e. The van der Waals surface area contributed by atoms with Gasteiger partial charge in [-0.15, -0.1) is 11.3 Å². The van der Waals surface area contributed by atoms with Crippen molar-refractivity contribution in [3.63, 3.8) is 0 Å². The van der Waals surface area contributed by atoms with E-state index in [1.165, 1.54) is 24.8 Å². The smallest absolute Gasteiger partial charge is 0.307 e. The Hall–Kier alpha value is -2.22. The number of aromatic nitrogens is 3. The first-order valence-corrected chi connectivity index (χ1v) is 7.79. The van der Waals surface area contributed by atoms with Crippen LogP contribution < -0.4 is 5.32 Å². The Morgan fingerprint density at radius 2 is 2.36 bits per heavy atom. The Labute approximate surface area is 132 Å². The highest BCUT2D eigenvalue weighted by Gasteiger charge is 2.19. The van der Waals surface area contributed by atoms with E-state index in [4.69, 9.17) is 0 Å². The van der Waals surface area contributed by atoms with Crippen molar-refractivity contribution in [3.8, 4) is 0 Å². The van der Waals surface area contributed by atoms with E-state index in [2.05, 4.69) is 20.1 Å². The van der Waals surface area contributed by atoms with Crippen molar-refractivity contribution in [3.05, 3.63) is 35.0 Å². The van der Waals surface area contributed by atoms with Gasteiger partial charge in [0.05, 0.1) is 19.6 Å². The van der Waals surface area contributed by atoms with E-state index < -0.39 is 0 Å². The molecular weight excluding hydrogens is 304 g/mol. The Bertz CT molecular complexity index is 583. The second kappa shape index (κ2) is 8.28. The third-order valence-corrected chi connectivity index (χ3v) is 4.06. The molecular formula is C14H18N4O3S. The molecule has 7 nitrogen and oxygen atoms in total. The van der Waals surface area contributed by atoms with Crippen molar-refractivity contribution in [1.29, 1.82) is 0 Å². The molecule has 0 radical (unpaired) electrons. The Kier molecular flexibility index (Phi) is 6.08. The first-order valence-electron chi connectivity index (χ1n) is 6.91. The van der Waals surface area contributed by atoms with Gasteiger partial charge in [-0.2, -0.15) is 5.10 Å². The molecule has 1 amide bonds. The van der Waals surface area contributed by atoms with Crippen molar-refractivity contribution in [2.45, 2.75) is 31.8 Å². The number of methoxy groups -OCH3 is 1. The number of rotatable bonds is 8.